The van der Waals surface area contributed by atoms with Gasteiger partial charge in [-0.2, -0.15) is 5.26 Å². The van der Waals surface area contributed by atoms with Crippen LogP contribution in [-0.2, 0) is 59.0 Å². The van der Waals surface area contributed by atoms with E-state index in [1.54, 1.807) is 43.9 Å². The predicted molar refractivity (Wildman–Crippen MR) is 330 cm³/mol. The van der Waals surface area contributed by atoms with Crippen molar-refractivity contribution in [3.63, 3.8) is 0 Å². The van der Waals surface area contributed by atoms with Crippen LogP contribution in [-0.4, -0.2) is 296 Å². The number of hydrogen-bond donors (Lipinski definition) is 7. The quantitative estimate of drug-likeness (QED) is 0.0306. The van der Waals surface area contributed by atoms with Crippen molar-refractivity contribution < 1.29 is 86.3 Å². The highest BCUT2D eigenvalue weighted by atomic mass is 19.3. The van der Waals surface area contributed by atoms with Crippen molar-refractivity contribution >= 4 is 70.2 Å². The predicted octanol–water partition coefficient (Wildman–Crippen LogP) is -0.500. The number of aliphatic carboxylic acids is 3. The molecule has 3 aliphatic heterocycles. The number of nitrogens with one attached hydrogen (secondary N) is 4. The Kier molecular flexibility index (Phi) is 29.4. The van der Waals surface area contributed by atoms with E-state index in [9.17, 15) is 77.3 Å². The summed E-state index contributed by atoms with van der Waals surface area (Å²) in [5.41, 5.74) is 2.86. The molecule has 7 N–H and O–H groups in total. The number of carboxylic acids is 3. The van der Waals surface area contributed by atoms with Crippen molar-refractivity contribution in [2.75, 3.05) is 158 Å². The van der Waals surface area contributed by atoms with Gasteiger partial charge in [0, 0.05) is 123 Å². The number of nitrogens with zero attached hydrogens (tertiary/aromatic N) is 9. The lowest BCUT2D eigenvalue weighted by Crippen LogP contribution is -2.58. The van der Waals surface area contributed by atoms with Gasteiger partial charge in [-0.25, -0.2) is 8.78 Å². The second-order valence-corrected chi connectivity index (χ2v) is 23.2. The SMILES string of the molecule is COC(=O)C[C@H](NC(=O)[C@H](CCOCCNC(=O)CCCc1ccc(C)cc1)NC(=O)CN1CCN(CC(=O)O)CCN(CC(=O)O)CCN(CC(=O)O)CC1)C(=O)N1CCN(CCCOc2ccc3nccc(C(=O)NCC(=O)N4CC(F)(F)C[C@@H]4C#N)c3c2)CC1. The van der Waals surface area contributed by atoms with Gasteiger partial charge < -0.3 is 60.6 Å². The standard InChI is InChI=1S/C62H85F2N13O16/c1-43-7-9-44(10-8-43)5-3-6-52(78)67-16-32-92-31-14-50(69-53(79)38-72-18-20-73(39-55(81)82)22-24-75(41-57(85)86)25-23-74(21-19-72)40-56(83)84)60(89)70-51(34-58(87)91-2)61(90)76-28-26-71(27-29-76)17-4-30-93-46-11-12-49-48(33-46)47(13-15-66-49)59(88)68-37-54(80)77-42-62(63,64)35-45(77)36-65/h7-13,15,33,45,50-51H,3-6,14,16-32,34-35,37-42H2,1-2H3,(H,67,78)(H,68,88)(H,69,79)(H,70,89)(H,81,82)(H,83,84)(H,85,86)/t45-,50+,51+/m1/s1. The average Bonchev–Trinajstić information content (AvgIpc) is 1.91. The lowest BCUT2D eigenvalue weighted by atomic mass is 10.1. The van der Waals surface area contributed by atoms with Gasteiger partial charge in [0.15, 0.2) is 0 Å². The molecular formula is C62H85F2N13O16. The van der Waals surface area contributed by atoms with Gasteiger partial charge in [-0.15, -0.1) is 0 Å². The Bertz CT molecular complexity index is 3060. The van der Waals surface area contributed by atoms with Crippen molar-refractivity contribution in [2.24, 2.45) is 0 Å². The first-order valence-corrected chi connectivity index (χ1v) is 31.0. The second-order valence-electron chi connectivity index (χ2n) is 23.2. The molecule has 1 aromatic heterocycles. The minimum absolute atomic E-state index is 0.0530. The lowest BCUT2D eigenvalue weighted by Gasteiger charge is -2.36. The average molecular weight is 1310 g/mol. The van der Waals surface area contributed by atoms with Gasteiger partial charge in [0.25, 0.3) is 11.8 Å². The summed E-state index contributed by atoms with van der Waals surface area (Å²) in [4.78, 5) is 145. The molecule has 29 nitrogen and oxygen atoms in total. The monoisotopic (exact) mass is 1310 g/mol. The molecule has 93 heavy (non-hydrogen) atoms. The topological polar surface area (TPSA) is 367 Å². The molecule has 3 fully saturated rings. The smallest absolute Gasteiger partial charge is 0.317 e. The van der Waals surface area contributed by atoms with E-state index in [1.807, 2.05) is 31.2 Å². The van der Waals surface area contributed by atoms with Crippen LogP contribution < -0.4 is 26.0 Å². The Morgan fingerprint density at radius 1 is 0.710 bits per heavy atom. The third kappa shape index (κ3) is 25.5. The number of carbonyl (C=O) groups is 10. The first-order valence-electron chi connectivity index (χ1n) is 31.0. The molecule has 3 aromatic rings. The summed E-state index contributed by atoms with van der Waals surface area (Å²) >= 11 is 0. The first kappa shape index (κ1) is 73.5. The molecule has 6 rings (SSSR count). The van der Waals surface area contributed by atoms with Crippen LogP contribution in [0.25, 0.3) is 10.9 Å². The van der Waals surface area contributed by atoms with Crippen LogP contribution in [0.1, 0.15) is 60.0 Å². The number of nitriles is 1. The van der Waals surface area contributed by atoms with Crippen LogP contribution in [0.15, 0.2) is 54.7 Å². The Morgan fingerprint density at radius 3 is 1.90 bits per heavy atom. The van der Waals surface area contributed by atoms with Crippen LogP contribution in [0.2, 0.25) is 0 Å². The minimum atomic E-state index is -3.21. The number of halogens is 2. The Morgan fingerprint density at radius 2 is 1.31 bits per heavy atom. The van der Waals surface area contributed by atoms with E-state index in [0.29, 0.717) is 49.1 Å². The van der Waals surface area contributed by atoms with Gasteiger partial charge in [-0.05, 0) is 62.4 Å². The van der Waals surface area contributed by atoms with E-state index >= 15 is 0 Å². The number of pyridine rings is 1. The molecule has 0 radical (unpaired) electrons. The zero-order valence-corrected chi connectivity index (χ0v) is 52.6. The van der Waals surface area contributed by atoms with Gasteiger partial charge in [0.1, 0.15) is 23.9 Å². The van der Waals surface area contributed by atoms with Gasteiger partial charge >= 0.3 is 23.9 Å². The second kappa shape index (κ2) is 37.2. The number of hydrogen-bond acceptors (Lipinski definition) is 20. The number of alkyl halides is 2. The molecule has 4 heterocycles. The number of carbonyl (C=O) groups excluding carboxylic acids is 7. The minimum Gasteiger partial charge on any atom is -0.494 e. The largest absolute Gasteiger partial charge is 0.494 e. The molecule has 3 saturated heterocycles. The van der Waals surface area contributed by atoms with Gasteiger partial charge in [-0.3, -0.25) is 77.4 Å². The fourth-order valence-electron chi connectivity index (χ4n) is 10.9. The molecule has 0 spiro atoms. The molecule has 0 aliphatic carbocycles. The Balaban J connectivity index is 1.05. The number of ether oxygens (including phenoxy) is 3. The molecule has 3 aliphatic rings. The van der Waals surface area contributed by atoms with Crippen molar-refractivity contribution in [3.8, 4) is 11.8 Å². The zero-order chi connectivity index (χ0) is 67.5. The fourth-order valence-corrected chi connectivity index (χ4v) is 10.9. The summed E-state index contributed by atoms with van der Waals surface area (Å²) in [5, 5.41) is 49.4. The number of benzene rings is 2. The van der Waals surface area contributed by atoms with Gasteiger partial charge in [0.05, 0.1) is 83.2 Å². The van der Waals surface area contributed by atoms with E-state index in [4.69, 9.17) is 14.2 Å². The van der Waals surface area contributed by atoms with Crippen LogP contribution in [0, 0.1) is 18.3 Å². The summed E-state index contributed by atoms with van der Waals surface area (Å²) in [6.07, 6.45) is 2.13. The number of rotatable bonds is 32. The maximum Gasteiger partial charge on any atom is 0.317 e. The molecule has 2 aromatic carbocycles. The molecule has 0 saturated carbocycles. The number of aryl methyl sites for hydroxylation is 2. The number of esters is 1. The molecule has 3 atom stereocenters. The summed E-state index contributed by atoms with van der Waals surface area (Å²) < 4.78 is 44.7. The van der Waals surface area contributed by atoms with Crippen molar-refractivity contribution in [2.45, 2.75) is 75.9 Å². The number of fused-ring (bicyclic) bond motifs is 1. The summed E-state index contributed by atoms with van der Waals surface area (Å²) in [7, 11) is 1.13. The van der Waals surface area contributed by atoms with Crippen molar-refractivity contribution in [3.05, 3.63) is 71.4 Å². The number of carboxylic acid groups (broad SMARTS) is 3. The van der Waals surface area contributed by atoms with Gasteiger partial charge in [-0.1, -0.05) is 29.8 Å². The summed E-state index contributed by atoms with van der Waals surface area (Å²) in [5.74, 6) is -10.7. The molecule has 6 amide bonds. The number of piperazine rings is 1. The molecule has 508 valence electrons. The van der Waals surface area contributed by atoms with E-state index in [1.165, 1.54) is 17.2 Å². The molecule has 0 bridgehead atoms. The molecule has 0 unspecified atom stereocenters. The number of aromatic nitrogens is 1. The highest BCUT2D eigenvalue weighted by Crippen LogP contribution is 2.32. The highest BCUT2D eigenvalue weighted by molar-refractivity contribution is 6.07. The fraction of sp³-hybridized carbons (Fsp3) is 0.581. The van der Waals surface area contributed by atoms with E-state index < -0.39 is 103 Å². The number of likely N-dealkylation sites (tertiary alicyclic amines) is 1. The third-order valence-corrected chi connectivity index (χ3v) is 16.0. The van der Waals surface area contributed by atoms with Gasteiger partial charge in [0.2, 0.25) is 29.5 Å². The number of methoxy groups -OCH3 is 1. The normalized spacial score (nSPS) is 17.8. The van der Waals surface area contributed by atoms with Crippen molar-refractivity contribution in [1.29, 1.82) is 5.26 Å². The molecular weight excluding hydrogens is 1220 g/mol. The summed E-state index contributed by atoms with van der Waals surface area (Å²) in [6, 6.07) is 12.1. The Labute approximate surface area is 537 Å². The van der Waals surface area contributed by atoms with Crippen LogP contribution in [0.3, 0.4) is 0 Å². The van der Waals surface area contributed by atoms with E-state index in [0.717, 1.165) is 29.6 Å². The zero-order valence-electron chi connectivity index (χ0n) is 52.6. The molecule has 31 heteroatoms. The maximum atomic E-state index is 14.4. The van der Waals surface area contributed by atoms with Crippen molar-refractivity contribution in [1.82, 2.24) is 60.6 Å². The van der Waals surface area contributed by atoms with E-state index in [-0.39, 0.29) is 142 Å². The number of amides is 6. The highest BCUT2D eigenvalue weighted by Gasteiger charge is 2.47. The third-order valence-electron chi connectivity index (χ3n) is 16.0. The summed E-state index contributed by atoms with van der Waals surface area (Å²) in [6.45, 7) is 2.26. The first-order chi connectivity index (χ1) is 44.5. The maximum absolute atomic E-state index is 14.4. The van der Waals surface area contributed by atoms with E-state index in [2.05, 4.69) is 31.2 Å². The van der Waals surface area contributed by atoms with Crippen LogP contribution in [0.4, 0.5) is 8.78 Å². The lowest BCUT2D eigenvalue weighted by molar-refractivity contribution is -0.147. The van der Waals surface area contributed by atoms with Crippen LogP contribution >= 0.6 is 0 Å². The Hall–Kier alpha value is -8.54. The van der Waals surface area contributed by atoms with Crippen LogP contribution in [0.5, 0.6) is 5.75 Å².